The minimum absolute atomic E-state index is 0.114. The number of aromatic nitrogens is 2. The molecule has 0 saturated heterocycles. The molecule has 84 valence electrons. The van der Waals surface area contributed by atoms with E-state index in [0.29, 0.717) is 16.7 Å². The molecule has 0 saturated carbocycles. The van der Waals surface area contributed by atoms with Crippen molar-refractivity contribution in [3.63, 3.8) is 0 Å². The van der Waals surface area contributed by atoms with Crippen LogP contribution >= 0.6 is 15.9 Å². The highest BCUT2D eigenvalue weighted by molar-refractivity contribution is 9.10. The van der Waals surface area contributed by atoms with E-state index < -0.39 is 0 Å². The number of hydrogen-bond acceptors (Lipinski definition) is 4. The molecule has 1 aromatic heterocycles. The van der Waals surface area contributed by atoms with Crippen molar-refractivity contribution >= 4 is 21.6 Å². The third-order valence-electron chi connectivity index (χ3n) is 2.03. The van der Waals surface area contributed by atoms with Crippen LogP contribution < -0.4 is 10.9 Å². The minimum Gasteiger partial charge on any atom is -0.396 e. The van der Waals surface area contributed by atoms with Crippen molar-refractivity contribution < 1.29 is 5.11 Å². The van der Waals surface area contributed by atoms with Crippen LogP contribution in [0, 0.1) is 5.92 Å². The van der Waals surface area contributed by atoms with E-state index >= 15 is 0 Å². The molecule has 0 amide bonds. The Balaban J connectivity index is 2.79. The summed E-state index contributed by atoms with van der Waals surface area (Å²) >= 11 is 3.20. The van der Waals surface area contributed by atoms with Gasteiger partial charge in [0.2, 0.25) is 0 Å². The number of nitrogens with one attached hydrogen (secondary N) is 1. The zero-order valence-corrected chi connectivity index (χ0v) is 10.3. The number of aliphatic hydroxyl groups is 1. The fourth-order valence-corrected chi connectivity index (χ4v) is 1.48. The molecule has 0 aliphatic heterocycles. The first-order valence-electron chi connectivity index (χ1n) is 4.62. The maximum absolute atomic E-state index is 11.5. The molecule has 2 N–H and O–H groups in total. The van der Waals surface area contributed by atoms with Crippen molar-refractivity contribution in [3.8, 4) is 0 Å². The van der Waals surface area contributed by atoms with Crippen molar-refractivity contribution in [2.24, 2.45) is 13.0 Å². The smallest absolute Gasteiger partial charge is 0.282 e. The summed E-state index contributed by atoms with van der Waals surface area (Å²) in [5, 5.41) is 15.8. The van der Waals surface area contributed by atoms with E-state index in [1.165, 1.54) is 4.68 Å². The Morgan fingerprint density at radius 2 is 2.40 bits per heavy atom. The van der Waals surface area contributed by atoms with Gasteiger partial charge < -0.3 is 10.4 Å². The van der Waals surface area contributed by atoms with Crippen LogP contribution in [0.25, 0.3) is 0 Å². The van der Waals surface area contributed by atoms with Crippen LogP contribution in [0.4, 0.5) is 5.69 Å². The second-order valence-corrected chi connectivity index (χ2v) is 4.26. The normalized spacial score (nSPS) is 12.5. The summed E-state index contributed by atoms with van der Waals surface area (Å²) in [7, 11) is 1.59. The molecule has 5 nitrogen and oxygen atoms in total. The molecule has 0 aromatic carbocycles. The van der Waals surface area contributed by atoms with Gasteiger partial charge in [0, 0.05) is 20.2 Å². The van der Waals surface area contributed by atoms with Gasteiger partial charge in [-0.15, -0.1) is 0 Å². The number of aryl methyl sites for hydroxylation is 1. The van der Waals surface area contributed by atoms with Crippen molar-refractivity contribution in [3.05, 3.63) is 21.0 Å². The van der Waals surface area contributed by atoms with Gasteiger partial charge in [0.25, 0.3) is 5.56 Å². The summed E-state index contributed by atoms with van der Waals surface area (Å²) in [4.78, 5) is 11.5. The third-order valence-corrected chi connectivity index (χ3v) is 2.80. The molecule has 1 rings (SSSR count). The van der Waals surface area contributed by atoms with Gasteiger partial charge in [-0.1, -0.05) is 6.92 Å². The van der Waals surface area contributed by atoms with Crippen molar-refractivity contribution in [1.82, 2.24) is 9.78 Å². The van der Waals surface area contributed by atoms with Gasteiger partial charge in [-0.2, -0.15) is 5.10 Å². The molecule has 1 unspecified atom stereocenters. The molecule has 0 aliphatic carbocycles. The average molecular weight is 276 g/mol. The van der Waals surface area contributed by atoms with Crippen LogP contribution in [0.5, 0.6) is 0 Å². The lowest BCUT2D eigenvalue weighted by atomic mass is 10.2. The van der Waals surface area contributed by atoms with Crippen molar-refractivity contribution in [2.45, 2.75) is 6.92 Å². The number of anilines is 1. The fraction of sp³-hybridized carbons (Fsp3) is 0.556. The van der Waals surface area contributed by atoms with E-state index in [1.54, 1.807) is 13.2 Å². The summed E-state index contributed by atoms with van der Waals surface area (Å²) in [5.41, 5.74) is 0.468. The predicted molar refractivity (Wildman–Crippen MR) is 61.9 cm³/mol. The van der Waals surface area contributed by atoms with Crippen LogP contribution in [-0.4, -0.2) is 28.0 Å². The zero-order valence-electron chi connectivity index (χ0n) is 8.70. The van der Waals surface area contributed by atoms with Gasteiger partial charge in [-0.3, -0.25) is 4.79 Å². The Morgan fingerprint density at radius 3 is 3.00 bits per heavy atom. The van der Waals surface area contributed by atoms with Crippen molar-refractivity contribution in [2.75, 3.05) is 18.5 Å². The van der Waals surface area contributed by atoms with Gasteiger partial charge >= 0.3 is 0 Å². The maximum atomic E-state index is 11.5. The molecule has 0 radical (unpaired) electrons. The summed E-state index contributed by atoms with van der Waals surface area (Å²) in [6, 6.07) is 0. The molecule has 0 aliphatic rings. The average Bonchev–Trinajstić information content (AvgIpc) is 2.24. The second kappa shape index (κ2) is 5.27. The van der Waals surface area contributed by atoms with Crippen LogP contribution in [0.3, 0.4) is 0 Å². The maximum Gasteiger partial charge on any atom is 0.282 e. The Morgan fingerprint density at radius 1 is 1.73 bits per heavy atom. The van der Waals surface area contributed by atoms with Gasteiger partial charge in [-0.25, -0.2) is 4.68 Å². The lowest BCUT2D eigenvalue weighted by Crippen LogP contribution is -2.23. The fourth-order valence-electron chi connectivity index (χ4n) is 0.983. The number of nitrogens with zero attached hydrogens (tertiary/aromatic N) is 2. The zero-order chi connectivity index (χ0) is 11.4. The monoisotopic (exact) mass is 275 g/mol. The standard InChI is InChI=1S/C9H14BrN3O2/c1-6(5-14)3-11-7-4-12-13(2)9(15)8(7)10/h4,6,11,14H,3,5H2,1-2H3. The first kappa shape index (κ1) is 12.2. The van der Waals surface area contributed by atoms with Gasteiger partial charge in [0.1, 0.15) is 4.47 Å². The van der Waals surface area contributed by atoms with E-state index in [0.717, 1.165) is 0 Å². The molecule has 6 heteroatoms. The summed E-state index contributed by atoms with van der Waals surface area (Å²) in [6.07, 6.45) is 1.58. The number of rotatable bonds is 4. The van der Waals surface area contributed by atoms with E-state index in [-0.39, 0.29) is 18.1 Å². The summed E-state index contributed by atoms with van der Waals surface area (Å²) in [6.45, 7) is 2.63. The third kappa shape index (κ3) is 3.04. The molecule has 1 heterocycles. The molecule has 1 aromatic rings. The summed E-state index contributed by atoms with van der Waals surface area (Å²) < 4.78 is 1.72. The molecule has 0 fully saturated rings. The van der Waals surface area contributed by atoms with Gasteiger partial charge in [0.15, 0.2) is 0 Å². The van der Waals surface area contributed by atoms with Crippen molar-refractivity contribution in [1.29, 1.82) is 0 Å². The molecular weight excluding hydrogens is 262 g/mol. The SMILES string of the molecule is CC(CO)CNc1cnn(C)c(=O)c1Br. The molecular formula is C9H14BrN3O2. The Bertz CT molecular complexity index is 391. The topological polar surface area (TPSA) is 67.2 Å². The van der Waals surface area contributed by atoms with E-state index in [4.69, 9.17) is 5.11 Å². The quantitative estimate of drug-likeness (QED) is 0.844. The molecule has 1 atom stereocenters. The first-order valence-corrected chi connectivity index (χ1v) is 5.42. The van der Waals surface area contributed by atoms with Crippen LogP contribution in [0.2, 0.25) is 0 Å². The van der Waals surface area contributed by atoms with E-state index in [2.05, 4.69) is 26.3 Å². The Labute approximate surface area is 96.2 Å². The number of hydrogen-bond donors (Lipinski definition) is 2. The molecule has 15 heavy (non-hydrogen) atoms. The molecule has 0 bridgehead atoms. The van der Waals surface area contributed by atoms with Gasteiger partial charge in [0.05, 0.1) is 11.9 Å². The summed E-state index contributed by atoms with van der Waals surface area (Å²) in [5.74, 6) is 0.140. The number of halogens is 1. The Kier molecular flexibility index (Phi) is 4.28. The van der Waals surface area contributed by atoms with Crippen LogP contribution in [-0.2, 0) is 7.05 Å². The predicted octanol–water partition coefficient (Wildman–Crippen LogP) is 0.583. The largest absolute Gasteiger partial charge is 0.396 e. The molecule has 0 spiro atoms. The Hall–Kier alpha value is -0.880. The first-order chi connectivity index (χ1) is 7.06. The lowest BCUT2D eigenvalue weighted by Gasteiger charge is -2.11. The number of aliphatic hydroxyl groups excluding tert-OH is 1. The van der Waals surface area contributed by atoms with Crippen LogP contribution in [0.15, 0.2) is 15.5 Å². The van der Waals surface area contributed by atoms with Crippen LogP contribution in [0.1, 0.15) is 6.92 Å². The van der Waals surface area contributed by atoms with Gasteiger partial charge in [-0.05, 0) is 21.8 Å². The highest BCUT2D eigenvalue weighted by Gasteiger charge is 2.07. The van der Waals surface area contributed by atoms with E-state index in [1.807, 2.05) is 6.92 Å². The highest BCUT2D eigenvalue weighted by Crippen LogP contribution is 2.15. The van der Waals surface area contributed by atoms with E-state index in [9.17, 15) is 4.79 Å². The lowest BCUT2D eigenvalue weighted by molar-refractivity contribution is 0.244. The second-order valence-electron chi connectivity index (χ2n) is 3.47. The highest BCUT2D eigenvalue weighted by atomic mass is 79.9. The minimum atomic E-state index is -0.184.